The maximum Gasteiger partial charge on any atom is 0.221 e. The van der Waals surface area contributed by atoms with Crippen LogP contribution in [0.1, 0.15) is 26.3 Å². The molecule has 1 heterocycles. The fraction of sp³-hybridized carbons (Fsp3) is 0.600. The summed E-state index contributed by atoms with van der Waals surface area (Å²) in [4.78, 5) is 7.98. The summed E-state index contributed by atoms with van der Waals surface area (Å²) >= 11 is 5.91. The first kappa shape index (κ1) is 11.2. The van der Waals surface area contributed by atoms with E-state index in [0.29, 0.717) is 23.6 Å². The standard InChI is InChI=1S/C10H15ClN2O/c1-4-8-9(11)12-6-13-10(8)14-5-7(2)3/h6-7H,4-5H2,1-3H3. The number of hydrogen-bond acceptors (Lipinski definition) is 3. The van der Waals surface area contributed by atoms with Crippen LogP contribution in [0.4, 0.5) is 0 Å². The van der Waals surface area contributed by atoms with E-state index in [4.69, 9.17) is 16.3 Å². The number of rotatable bonds is 4. The molecule has 4 heteroatoms. The fourth-order valence-electron chi connectivity index (χ4n) is 1.04. The quantitative estimate of drug-likeness (QED) is 0.723. The van der Waals surface area contributed by atoms with E-state index < -0.39 is 0 Å². The van der Waals surface area contributed by atoms with Gasteiger partial charge in [0.05, 0.1) is 12.2 Å². The minimum Gasteiger partial charge on any atom is -0.477 e. The lowest BCUT2D eigenvalue weighted by Crippen LogP contribution is -2.08. The molecule has 0 aliphatic heterocycles. The largest absolute Gasteiger partial charge is 0.477 e. The Morgan fingerprint density at radius 1 is 1.43 bits per heavy atom. The molecule has 14 heavy (non-hydrogen) atoms. The number of aromatic nitrogens is 2. The van der Waals surface area contributed by atoms with Crippen LogP contribution >= 0.6 is 11.6 Å². The molecule has 0 aromatic carbocycles. The van der Waals surface area contributed by atoms with Gasteiger partial charge in [0.2, 0.25) is 5.88 Å². The van der Waals surface area contributed by atoms with Gasteiger partial charge in [-0.1, -0.05) is 32.4 Å². The molecule has 0 atom stereocenters. The third-order valence-corrected chi connectivity index (χ3v) is 2.09. The van der Waals surface area contributed by atoms with Crippen LogP contribution in [0.3, 0.4) is 0 Å². The molecule has 0 radical (unpaired) electrons. The second-order valence-corrected chi connectivity index (χ2v) is 3.86. The van der Waals surface area contributed by atoms with Crippen LogP contribution in [0, 0.1) is 5.92 Å². The van der Waals surface area contributed by atoms with Crippen molar-refractivity contribution >= 4 is 11.6 Å². The lowest BCUT2D eigenvalue weighted by molar-refractivity contribution is 0.258. The first-order valence-corrected chi connectivity index (χ1v) is 5.15. The topological polar surface area (TPSA) is 35.0 Å². The smallest absolute Gasteiger partial charge is 0.221 e. The van der Waals surface area contributed by atoms with E-state index in [9.17, 15) is 0 Å². The van der Waals surface area contributed by atoms with Gasteiger partial charge in [0.25, 0.3) is 0 Å². The van der Waals surface area contributed by atoms with Crippen molar-refractivity contribution in [2.75, 3.05) is 6.61 Å². The third-order valence-electron chi connectivity index (χ3n) is 1.76. The van der Waals surface area contributed by atoms with Crippen LogP contribution in [0.15, 0.2) is 6.33 Å². The van der Waals surface area contributed by atoms with Crippen molar-refractivity contribution in [3.8, 4) is 5.88 Å². The molecule has 1 rings (SSSR count). The maximum atomic E-state index is 5.91. The van der Waals surface area contributed by atoms with E-state index in [-0.39, 0.29) is 0 Å². The zero-order chi connectivity index (χ0) is 10.6. The molecule has 3 nitrogen and oxygen atoms in total. The predicted octanol–water partition coefficient (Wildman–Crippen LogP) is 2.73. The van der Waals surface area contributed by atoms with Gasteiger partial charge in [0.15, 0.2) is 0 Å². The van der Waals surface area contributed by atoms with E-state index in [1.54, 1.807) is 0 Å². The molecular weight excluding hydrogens is 200 g/mol. The zero-order valence-electron chi connectivity index (χ0n) is 8.75. The summed E-state index contributed by atoms with van der Waals surface area (Å²) in [6.07, 6.45) is 2.21. The SMILES string of the molecule is CCc1c(Cl)ncnc1OCC(C)C. The molecule has 1 aromatic rings. The molecule has 0 unspecified atom stereocenters. The number of ether oxygens (including phenoxy) is 1. The Morgan fingerprint density at radius 3 is 2.71 bits per heavy atom. The van der Waals surface area contributed by atoms with E-state index in [0.717, 1.165) is 12.0 Å². The summed E-state index contributed by atoms with van der Waals surface area (Å²) in [7, 11) is 0. The Bertz CT molecular complexity index is 302. The number of halogens is 1. The second kappa shape index (κ2) is 5.15. The minimum atomic E-state index is 0.480. The van der Waals surface area contributed by atoms with E-state index in [1.165, 1.54) is 6.33 Å². The van der Waals surface area contributed by atoms with Crippen molar-refractivity contribution in [2.45, 2.75) is 27.2 Å². The molecule has 0 N–H and O–H groups in total. The average Bonchev–Trinajstić information content (AvgIpc) is 2.14. The summed E-state index contributed by atoms with van der Waals surface area (Å²) in [6.45, 7) is 6.84. The predicted molar refractivity (Wildman–Crippen MR) is 56.8 cm³/mol. The normalized spacial score (nSPS) is 10.6. The highest BCUT2D eigenvalue weighted by Crippen LogP contribution is 2.22. The molecule has 0 aliphatic carbocycles. The van der Waals surface area contributed by atoms with Crippen molar-refractivity contribution < 1.29 is 4.74 Å². The molecule has 0 bridgehead atoms. The van der Waals surface area contributed by atoms with E-state index >= 15 is 0 Å². The molecule has 78 valence electrons. The van der Waals surface area contributed by atoms with Gasteiger partial charge >= 0.3 is 0 Å². The third kappa shape index (κ3) is 2.84. The van der Waals surface area contributed by atoms with Gasteiger partial charge in [-0.15, -0.1) is 0 Å². The number of nitrogens with zero attached hydrogens (tertiary/aromatic N) is 2. The van der Waals surface area contributed by atoms with Crippen molar-refractivity contribution in [3.05, 3.63) is 17.0 Å². The highest BCUT2D eigenvalue weighted by Gasteiger charge is 2.09. The van der Waals surface area contributed by atoms with Gasteiger partial charge in [-0.2, -0.15) is 0 Å². The Morgan fingerprint density at radius 2 is 2.14 bits per heavy atom. The fourth-order valence-corrected chi connectivity index (χ4v) is 1.30. The summed E-state index contributed by atoms with van der Waals surface area (Å²) < 4.78 is 5.53. The Balaban J connectivity index is 2.80. The molecule has 0 amide bonds. The number of hydrogen-bond donors (Lipinski definition) is 0. The van der Waals surface area contributed by atoms with Gasteiger partial charge in [-0.05, 0) is 12.3 Å². The Hall–Kier alpha value is -0.830. The molecular formula is C10H15ClN2O. The summed E-state index contributed by atoms with van der Waals surface area (Å²) in [5, 5.41) is 0.487. The van der Waals surface area contributed by atoms with E-state index in [2.05, 4.69) is 23.8 Å². The van der Waals surface area contributed by atoms with Crippen LogP contribution in [0.25, 0.3) is 0 Å². The van der Waals surface area contributed by atoms with Crippen molar-refractivity contribution in [3.63, 3.8) is 0 Å². The van der Waals surface area contributed by atoms with Crippen LogP contribution in [0.5, 0.6) is 5.88 Å². The molecule has 0 fully saturated rings. The lowest BCUT2D eigenvalue weighted by Gasteiger charge is -2.11. The van der Waals surface area contributed by atoms with Crippen molar-refractivity contribution in [1.82, 2.24) is 9.97 Å². The van der Waals surface area contributed by atoms with Crippen LogP contribution in [0.2, 0.25) is 5.15 Å². The maximum absolute atomic E-state index is 5.91. The Kier molecular flexibility index (Phi) is 4.14. The highest BCUT2D eigenvalue weighted by molar-refractivity contribution is 6.30. The average molecular weight is 215 g/mol. The molecule has 0 saturated carbocycles. The molecule has 0 aliphatic rings. The minimum absolute atomic E-state index is 0.480. The summed E-state index contributed by atoms with van der Waals surface area (Å²) in [6, 6.07) is 0. The van der Waals surface area contributed by atoms with Gasteiger partial charge in [0, 0.05) is 0 Å². The second-order valence-electron chi connectivity index (χ2n) is 3.51. The van der Waals surface area contributed by atoms with Gasteiger partial charge in [-0.3, -0.25) is 0 Å². The van der Waals surface area contributed by atoms with Gasteiger partial charge in [-0.25, -0.2) is 9.97 Å². The first-order valence-electron chi connectivity index (χ1n) is 4.77. The monoisotopic (exact) mass is 214 g/mol. The van der Waals surface area contributed by atoms with E-state index in [1.807, 2.05) is 6.92 Å². The van der Waals surface area contributed by atoms with Crippen LogP contribution < -0.4 is 4.74 Å². The summed E-state index contributed by atoms with van der Waals surface area (Å²) in [5.41, 5.74) is 0.884. The highest BCUT2D eigenvalue weighted by atomic mass is 35.5. The van der Waals surface area contributed by atoms with Crippen molar-refractivity contribution in [1.29, 1.82) is 0 Å². The molecule has 0 spiro atoms. The Labute approximate surface area is 89.5 Å². The zero-order valence-corrected chi connectivity index (χ0v) is 9.51. The van der Waals surface area contributed by atoms with Gasteiger partial charge < -0.3 is 4.74 Å². The first-order chi connectivity index (χ1) is 6.65. The van der Waals surface area contributed by atoms with Gasteiger partial charge in [0.1, 0.15) is 11.5 Å². The molecule has 1 aromatic heterocycles. The molecule has 0 saturated heterocycles. The van der Waals surface area contributed by atoms with Crippen LogP contribution in [-0.2, 0) is 6.42 Å². The lowest BCUT2D eigenvalue weighted by atomic mass is 10.2. The van der Waals surface area contributed by atoms with Crippen LogP contribution in [-0.4, -0.2) is 16.6 Å². The van der Waals surface area contributed by atoms with Crippen molar-refractivity contribution in [2.24, 2.45) is 5.92 Å². The summed E-state index contributed by atoms with van der Waals surface area (Å²) in [5.74, 6) is 1.09.